The number of rotatable bonds is 6. The van der Waals surface area contributed by atoms with E-state index in [1.165, 1.54) is 38.8 Å². The van der Waals surface area contributed by atoms with Crippen LogP contribution in [0, 0.1) is 0 Å². The van der Waals surface area contributed by atoms with Crippen LogP contribution in [0.4, 0.5) is 0 Å². The van der Waals surface area contributed by atoms with E-state index < -0.39 is 0 Å². The fraction of sp³-hybridized carbons (Fsp3) is 0.900. The molecule has 0 amide bonds. The highest BCUT2D eigenvalue weighted by molar-refractivity contribution is 5.50. The van der Waals surface area contributed by atoms with Gasteiger partial charge in [0.1, 0.15) is 19.3 Å². The Bertz CT molecular complexity index is 105. The molecular weight excluding hydrogens is 134 g/mol. The number of hydrogen-bond donors (Lipinski definition) is 0. The predicted octanol–water partition coefficient (Wildman–Crippen LogP) is 2.69. The Morgan fingerprint density at radius 3 is 2.27 bits per heavy atom. The van der Waals surface area contributed by atoms with Gasteiger partial charge in [-0.1, -0.05) is 20.3 Å². The van der Waals surface area contributed by atoms with E-state index in [1.807, 2.05) is 0 Å². The Hall–Kier alpha value is -0.330. The van der Waals surface area contributed by atoms with Crippen LogP contribution < -0.4 is 0 Å². The van der Waals surface area contributed by atoms with Gasteiger partial charge < -0.3 is 0 Å². The molecule has 0 unspecified atom stereocenters. The minimum absolute atomic E-state index is 1.17. The molecular formula is C10H22N+. The van der Waals surface area contributed by atoms with E-state index in [1.54, 1.807) is 0 Å². The smallest absolute Gasteiger partial charge is 0.142 e. The van der Waals surface area contributed by atoms with Gasteiger partial charge in [-0.25, -0.2) is 4.58 Å². The summed E-state index contributed by atoms with van der Waals surface area (Å²) >= 11 is 0. The molecule has 0 bridgehead atoms. The standard InChI is InChI=1S/C10H22N/c1-4-7-9-11(6-3)10-8-5-2/h9H,4-8,10H2,1-3H3/q+1. The lowest BCUT2D eigenvalue weighted by Gasteiger charge is -1.98. The van der Waals surface area contributed by atoms with Crippen molar-refractivity contribution in [1.82, 2.24) is 0 Å². The molecule has 0 aromatic rings. The van der Waals surface area contributed by atoms with Crippen molar-refractivity contribution >= 4 is 6.21 Å². The first-order valence-corrected chi connectivity index (χ1v) is 4.92. The average molecular weight is 156 g/mol. The molecule has 0 N–H and O–H groups in total. The third-order valence-electron chi connectivity index (χ3n) is 1.88. The van der Waals surface area contributed by atoms with Crippen molar-refractivity contribution in [1.29, 1.82) is 0 Å². The number of nitrogens with zero attached hydrogens (tertiary/aromatic N) is 1. The molecule has 0 aromatic carbocycles. The maximum atomic E-state index is 2.42. The molecule has 0 atom stereocenters. The molecule has 66 valence electrons. The van der Waals surface area contributed by atoms with Crippen molar-refractivity contribution in [3.05, 3.63) is 0 Å². The van der Waals surface area contributed by atoms with Crippen LogP contribution in [0.1, 0.15) is 46.5 Å². The first-order chi connectivity index (χ1) is 5.35. The monoisotopic (exact) mass is 156 g/mol. The van der Waals surface area contributed by atoms with Crippen molar-refractivity contribution in [3.8, 4) is 0 Å². The largest absolute Gasteiger partial charge is 0.240 e. The summed E-state index contributed by atoms with van der Waals surface area (Å²) in [4.78, 5) is 0. The summed E-state index contributed by atoms with van der Waals surface area (Å²) in [6, 6.07) is 0. The van der Waals surface area contributed by atoms with Crippen LogP contribution in [-0.4, -0.2) is 23.9 Å². The summed E-state index contributed by atoms with van der Waals surface area (Å²) in [5.74, 6) is 0. The van der Waals surface area contributed by atoms with E-state index in [2.05, 4.69) is 31.6 Å². The van der Waals surface area contributed by atoms with Crippen molar-refractivity contribution in [2.75, 3.05) is 13.1 Å². The fourth-order valence-corrected chi connectivity index (χ4v) is 1.05. The van der Waals surface area contributed by atoms with Gasteiger partial charge in [-0.3, -0.25) is 0 Å². The molecule has 1 nitrogen and oxygen atoms in total. The van der Waals surface area contributed by atoms with Crippen LogP contribution in [0.15, 0.2) is 0 Å². The maximum absolute atomic E-state index is 2.42. The molecule has 0 aromatic heterocycles. The second-order valence-corrected chi connectivity index (χ2v) is 2.95. The maximum Gasteiger partial charge on any atom is 0.142 e. The Balaban J connectivity index is 3.55. The van der Waals surface area contributed by atoms with Gasteiger partial charge in [0, 0.05) is 12.8 Å². The van der Waals surface area contributed by atoms with Crippen molar-refractivity contribution < 1.29 is 4.58 Å². The highest BCUT2D eigenvalue weighted by Crippen LogP contribution is 1.89. The second kappa shape index (κ2) is 7.77. The van der Waals surface area contributed by atoms with Crippen molar-refractivity contribution in [2.45, 2.75) is 46.5 Å². The Kier molecular flexibility index (Phi) is 7.54. The van der Waals surface area contributed by atoms with E-state index in [-0.39, 0.29) is 0 Å². The fourth-order valence-electron chi connectivity index (χ4n) is 1.05. The number of hydrogen-bond acceptors (Lipinski definition) is 0. The lowest BCUT2D eigenvalue weighted by atomic mass is 10.3. The molecule has 11 heavy (non-hydrogen) atoms. The van der Waals surface area contributed by atoms with Gasteiger partial charge in [-0.05, 0) is 13.3 Å². The molecule has 0 aliphatic heterocycles. The van der Waals surface area contributed by atoms with E-state index in [0.717, 1.165) is 0 Å². The van der Waals surface area contributed by atoms with Crippen LogP contribution >= 0.6 is 0 Å². The van der Waals surface area contributed by atoms with Crippen LogP contribution in [0.3, 0.4) is 0 Å². The lowest BCUT2D eigenvalue weighted by molar-refractivity contribution is -0.521. The summed E-state index contributed by atoms with van der Waals surface area (Å²) in [6.07, 6.45) is 7.47. The molecule has 1 heteroatoms. The zero-order chi connectivity index (χ0) is 8.53. The van der Waals surface area contributed by atoms with Crippen LogP contribution in [-0.2, 0) is 0 Å². The van der Waals surface area contributed by atoms with E-state index in [0.29, 0.717) is 0 Å². The molecule has 0 heterocycles. The Morgan fingerprint density at radius 2 is 1.82 bits per heavy atom. The Labute approximate surface area is 71.1 Å². The second-order valence-electron chi connectivity index (χ2n) is 2.95. The van der Waals surface area contributed by atoms with E-state index in [9.17, 15) is 0 Å². The van der Waals surface area contributed by atoms with Gasteiger partial charge in [0.25, 0.3) is 0 Å². The zero-order valence-corrected chi connectivity index (χ0v) is 8.27. The van der Waals surface area contributed by atoms with Crippen LogP contribution in [0.2, 0.25) is 0 Å². The third-order valence-corrected chi connectivity index (χ3v) is 1.88. The number of unbranched alkanes of at least 4 members (excludes halogenated alkanes) is 2. The molecule has 0 saturated heterocycles. The van der Waals surface area contributed by atoms with Crippen molar-refractivity contribution in [2.24, 2.45) is 0 Å². The molecule has 0 saturated carbocycles. The highest BCUT2D eigenvalue weighted by Gasteiger charge is 1.97. The SMILES string of the molecule is CCCC=[N+](CC)CCCC. The van der Waals surface area contributed by atoms with Crippen molar-refractivity contribution in [3.63, 3.8) is 0 Å². The van der Waals surface area contributed by atoms with Crippen LogP contribution in [0.5, 0.6) is 0 Å². The molecule has 0 fully saturated rings. The van der Waals surface area contributed by atoms with Gasteiger partial charge in [0.05, 0.1) is 0 Å². The topological polar surface area (TPSA) is 3.01 Å². The third kappa shape index (κ3) is 6.08. The summed E-state index contributed by atoms with van der Waals surface area (Å²) in [5, 5.41) is 0. The minimum atomic E-state index is 1.17. The lowest BCUT2D eigenvalue weighted by Crippen LogP contribution is -2.13. The van der Waals surface area contributed by atoms with Gasteiger partial charge in [0.2, 0.25) is 0 Å². The van der Waals surface area contributed by atoms with Gasteiger partial charge in [-0.2, -0.15) is 0 Å². The van der Waals surface area contributed by atoms with Gasteiger partial charge in [-0.15, -0.1) is 0 Å². The Morgan fingerprint density at radius 1 is 1.09 bits per heavy atom. The van der Waals surface area contributed by atoms with E-state index >= 15 is 0 Å². The normalized spacial score (nSPS) is 12.1. The first-order valence-electron chi connectivity index (χ1n) is 4.92. The summed E-state index contributed by atoms with van der Waals surface area (Å²) < 4.78 is 2.42. The highest BCUT2D eigenvalue weighted by atomic mass is 15.0. The summed E-state index contributed by atoms with van der Waals surface area (Å²) in [6.45, 7) is 9.10. The minimum Gasteiger partial charge on any atom is -0.240 e. The average Bonchev–Trinajstić information content (AvgIpc) is 2.05. The van der Waals surface area contributed by atoms with Gasteiger partial charge >= 0.3 is 0 Å². The predicted molar refractivity (Wildman–Crippen MR) is 51.5 cm³/mol. The molecule has 0 aliphatic rings. The summed E-state index contributed by atoms with van der Waals surface area (Å²) in [5.41, 5.74) is 0. The van der Waals surface area contributed by atoms with Gasteiger partial charge in [0.15, 0.2) is 0 Å². The molecule has 0 radical (unpaired) electrons. The summed E-state index contributed by atoms with van der Waals surface area (Å²) in [7, 11) is 0. The molecule has 0 spiro atoms. The van der Waals surface area contributed by atoms with E-state index in [4.69, 9.17) is 0 Å². The quantitative estimate of drug-likeness (QED) is 0.411. The van der Waals surface area contributed by atoms with Crippen LogP contribution in [0.25, 0.3) is 0 Å². The molecule has 0 rings (SSSR count). The molecule has 0 aliphatic carbocycles. The zero-order valence-electron chi connectivity index (χ0n) is 8.27. The first kappa shape index (κ1) is 10.7.